The smallest absolute Gasteiger partial charge is 0.243 e. The zero-order valence-corrected chi connectivity index (χ0v) is 15.5. The summed E-state index contributed by atoms with van der Waals surface area (Å²) in [6, 6.07) is 4.87. The van der Waals surface area contributed by atoms with Gasteiger partial charge in [0, 0.05) is 25.6 Å². The van der Waals surface area contributed by atoms with Gasteiger partial charge in [-0.25, -0.2) is 8.42 Å². The van der Waals surface area contributed by atoms with Crippen LogP contribution in [0.5, 0.6) is 5.75 Å². The molecule has 1 amide bonds. The summed E-state index contributed by atoms with van der Waals surface area (Å²) in [5.41, 5.74) is 0.779. The molecule has 0 saturated carbocycles. The highest BCUT2D eigenvalue weighted by molar-refractivity contribution is 7.89. The van der Waals surface area contributed by atoms with Gasteiger partial charge in [0.05, 0.1) is 18.1 Å². The van der Waals surface area contributed by atoms with E-state index in [1.54, 1.807) is 18.2 Å². The topological polar surface area (TPSA) is 95.9 Å². The van der Waals surface area contributed by atoms with E-state index < -0.39 is 10.0 Å². The monoisotopic (exact) mass is 370 g/mol. The minimum absolute atomic E-state index is 0.101. The maximum Gasteiger partial charge on any atom is 0.243 e. The van der Waals surface area contributed by atoms with Crippen molar-refractivity contribution < 1.29 is 23.1 Å². The van der Waals surface area contributed by atoms with E-state index >= 15 is 0 Å². The fourth-order valence-electron chi connectivity index (χ4n) is 2.93. The van der Waals surface area contributed by atoms with Crippen LogP contribution in [0.1, 0.15) is 25.3 Å². The van der Waals surface area contributed by atoms with Crippen molar-refractivity contribution in [2.24, 2.45) is 5.92 Å². The Labute approximate surface area is 149 Å². The highest BCUT2D eigenvalue weighted by Crippen LogP contribution is 2.27. The Hall–Kier alpha value is -1.64. The molecular formula is C17H26N2O5S. The number of carbonyl (C=O) groups excluding carboxylic acids is 1. The SMILES string of the molecule is CCOc1ccc(S(=O)(=O)N2CCC(C(=O)NCCO)CC2)cc1C. The van der Waals surface area contributed by atoms with Crippen LogP contribution in [0.4, 0.5) is 0 Å². The predicted octanol–water partition coefficient (Wildman–Crippen LogP) is 0.903. The van der Waals surface area contributed by atoms with E-state index in [0.29, 0.717) is 38.3 Å². The van der Waals surface area contributed by atoms with Crippen LogP contribution < -0.4 is 10.1 Å². The molecule has 1 saturated heterocycles. The van der Waals surface area contributed by atoms with Gasteiger partial charge in [-0.1, -0.05) is 0 Å². The lowest BCUT2D eigenvalue weighted by Crippen LogP contribution is -2.43. The Morgan fingerprint density at radius 2 is 2.04 bits per heavy atom. The van der Waals surface area contributed by atoms with Crippen molar-refractivity contribution in [2.45, 2.75) is 31.6 Å². The summed E-state index contributed by atoms with van der Waals surface area (Å²) in [6.07, 6.45) is 0.957. The van der Waals surface area contributed by atoms with Gasteiger partial charge in [-0.15, -0.1) is 0 Å². The largest absolute Gasteiger partial charge is 0.494 e. The number of nitrogens with one attached hydrogen (secondary N) is 1. The van der Waals surface area contributed by atoms with Gasteiger partial charge in [0.1, 0.15) is 5.75 Å². The average molecular weight is 370 g/mol. The van der Waals surface area contributed by atoms with Crippen LogP contribution in [0.3, 0.4) is 0 Å². The van der Waals surface area contributed by atoms with Gasteiger partial charge in [0.25, 0.3) is 0 Å². The fraction of sp³-hybridized carbons (Fsp3) is 0.588. The molecule has 1 fully saturated rings. The molecule has 140 valence electrons. The zero-order valence-electron chi connectivity index (χ0n) is 14.7. The second-order valence-electron chi connectivity index (χ2n) is 6.05. The lowest BCUT2D eigenvalue weighted by Gasteiger charge is -2.30. The first-order valence-electron chi connectivity index (χ1n) is 8.52. The molecular weight excluding hydrogens is 344 g/mol. The lowest BCUT2D eigenvalue weighted by atomic mass is 9.97. The number of hydrogen-bond acceptors (Lipinski definition) is 5. The van der Waals surface area contributed by atoms with Gasteiger partial charge in [-0.05, 0) is 50.5 Å². The van der Waals surface area contributed by atoms with Crippen LogP contribution in [-0.4, -0.2) is 56.6 Å². The van der Waals surface area contributed by atoms with Crippen LogP contribution >= 0.6 is 0 Å². The number of rotatable bonds is 7. The van der Waals surface area contributed by atoms with Crippen LogP contribution in [-0.2, 0) is 14.8 Å². The molecule has 2 rings (SSSR count). The van der Waals surface area contributed by atoms with E-state index in [2.05, 4.69) is 5.32 Å². The molecule has 0 spiro atoms. The number of aliphatic hydroxyl groups excluding tert-OH is 1. The summed E-state index contributed by atoms with van der Waals surface area (Å²) in [6.45, 7) is 4.97. The van der Waals surface area contributed by atoms with Gasteiger partial charge in [0.15, 0.2) is 0 Å². The van der Waals surface area contributed by atoms with Crippen LogP contribution in [0.25, 0.3) is 0 Å². The normalized spacial score (nSPS) is 16.6. The molecule has 1 aliphatic rings. The fourth-order valence-corrected chi connectivity index (χ4v) is 4.49. The number of aryl methyl sites for hydroxylation is 1. The first-order chi connectivity index (χ1) is 11.9. The standard InChI is InChI=1S/C17H26N2O5S/c1-3-24-16-5-4-15(12-13(16)2)25(22,23)19-9-6-14(7-10-19)17(21)18-8-11-20/h4-5,12,14,20H,3,6-11H2,1-2H3,(H,18,21). The summed E-state index contributed by atoms with van der Waals surface area (Å²) < 4.78 is 32.5. The number of sulfonamides is 1. The van der Waals surface area contributed by atoms with Crippen molar-refractivity contribution in [1.82, 2.24) is 9.62 Å². The third-order valence-corrected chi connectivity index (χ3v) is 6.21. The van der Waals surface area contributed by atoms with E-state index in [4.69, 9.17) is 9.84 Å². The van der Waals surface area contributed by atoms with Crippen LogP contribution in [0, 0.1) is 12.8 Å². The molecule has 0 unspecified atom stereocenters. The van der Waals surface area contributed by atoms with E-state index in [1.165, 1.54) is 4.31 Å². The minimum atomic E-state index is -3.58. The number of ether oxygens (including phenoxy) is 1. The third-order valence-electron chi connectivity index (χ3n) is 4.32. The van der Waals surface area contributed by atoms with E-state index in [9.17, 15) is 13.2 Å². The Balaban J connectivity index is 2.04. The maximum atomic E-state index is 12.8. The first-order valence-corrected chi connectivity index (χ1v) is 9.96. The first kappa shape index (κ1) is 19.7. The minimum Gasteiger partial charge on any atom is -0.494 e. The Bertz CT molecular complexity index is 697. The second-order valence-corrected chi connectivity index (χ2v) is 7.99. The van der Waals surface area contributed by atoms with Gasteiger partial charge in [0.2, 0.25) is 15.9 Å². The summed E-state index contributed by atoms with van der Waals surface area (Å²) in [5, 5.41) is 11.4. The molecule has 2 N–H and O–H groups in total. The zero-order chi connectivity index (χ0) is 18.4. The van der Waals surface area contributed by atoms with Crippen LogP contribution in [0.2, 0.25) is 0 Å². The van der Waals surface area contributed by atoms with Crippen molar-refractivity contribution in [1.29, 1.82) is 0 Å². The number of aliphatic hydroxyl groups is 1. The summed E-state index contributed by atoms with van der Waals surface area (Å²) >= 11 is 0. The number of hydrogen-bond donors (Lipinski definition) is 2. The Morgan fingerprint density at radius 3 is 2.60 bits per heavy atom. The quantitative estimate of drug-likeness (QED) is 0.744. The molecule has 1 aliphatic heterocycles. The van der Waals surface area contributed by atoms with Crippen LogP contribution in [0.15, 0.2) is 23.1 Å². The van der Waals surface area contributed by atoms with Crippen molar-refractivity contribution in [3.8, 4) is 5.75 Å². The number of carbonyl (C=O) groups is 1. The highest BCUT2D eigenvalue weighted by Gasteiger charge is 2.32. The lowest BCUT2D eigenvalue weighted by molar-refractivity contribution is -0.126. The van der Waals surface area contributed by atoms with Crippen molar-refractivity contribution >= 4 is 15.9 Å². The van der Waals surface area contributed by atoms with Crippen molar-refractivity contribution in [3.05, 3.63) is 23.8 Å². The summed E-state index contributed by atoms with van der Waals surface area (Å²) in [7, 11) is -3.58. The second kappa shape index (κ2) is 8.64. The summed E-state index contributed by atoms with van der Waals surface area (Å²) in [4.78, 5) is 12.2. The van der Waals surface area contributed by atoms with E-state index in [1.807, 2.05) is 13.8 Å². The van der Waals surface area contributed by atoms with E-state index in [-0.39, 0.29) is 29.9 Å². The third kappa shape index (κ3) is 4.71. The van der Waals surface area contributed by atoms with Crippen molar-refractivity contribution in [3.63, 3.8) is 0 Å². The van der Waals surface area contributed by atoms with Gasteiger partial charge in [-0.3, -0.25) is 4.79 Å². The highest BCUT2D eigenvalue weighted by atomic mass is 32.2. The predicted molar refractivity (Wildman–Crippen MR) is 93.9 cm³/mol. The Morgan fingerprint density at radius 1 is 1.36 bits per heavy atom. The average Bonchev–Trinajstić information content (AvgIpc) is 2.61. The molecule has 25 heavy (non-hydrogen) atoms. The molecule has 0 atom stereocenters. The number of piperidine rings is 1. The number of benzene rings is 1. The molecule has 1 aromatic carbocycles. The van der Waals surface area contributed by atoms with Gasteiger partial charge >= 0.3 is 0 Å². The molecule has 0 bridgehead atoms. The molecule has 0 aliphatic carbocycles. The molecule has 7 nitrogen and oxygen atoms in total. The van der Waals surface area contributed by atoms with Gasteiger partial charge < -0.3 is 15.2 Å². The van der Waals surface area contributed by atoms with Crippen molar-refractivity contribution in [2.75, 3.05) is 32.8 Å². The molecule has 0 aromatic heterocycles. The molecule has 8 heteroatoms. The van der Waals surface area contributed by atoms with Gasteiger partial charge in [-0.2, -0.15) is 4.31 Å². The molecule has 1 heterocycles. The Kier molecular flexibility index (Phi) is 6.80. The molecule has 1 aromatic rings. The number of nitrogens with zero attached hydrogens (tertiary/aromatic N) is 1. The number of amides is 1. The molecule has 0 radical (unpaired) electrons. The van der Waals surface area contributed by atoms with E-state index in [0.717, 1.165) is 5.56 Å². The maximum absolute atomic E-state index is 12.8. The summed E-state index contributed by atoms with van der Waals surface area (Å²) in [5.74, 6) is 0.351.